The summed E-state index contributed by atoms with van der Waals surface area (Å²) in [5.41, 5.74) is -0.521. The first kappa shape index (κ1) is 15.0. The SMILES string of the molecule is O=[N+]([O-])c1ccccc1S(=O)(=O)Oc1cccc2ccccc12. The first-order valence-corrected chi connectivity index (χ1v) is 8.05. The first-order chi connectivity index (χ1) is 11.0. The van der Waals surface area contributed by atoms with Crippen LogP contribution in [0.3, 0.4) is 0 Å². The highest BCUT2D eigenvalue weighted by molar-refractivity contribution is 7.87. The molecule has 23 heavy (non-hydrogen) atoms. The van der Waals surface area contributed by atoms with Crippen LogP contribution in [-0.2, 0) is 10.1 Å². The first-order valence-electron chi connectivity index (χ1n) is 6.65. The molecule has 0 aliphatic heterocycles. The summed E-state index contributed by atoms with van der Waals surface area (Å²) in [6.45, 7) is 0. The van der Waals surface area contributed by atoms with Crippen molar-refractivity contribution in [1.29, 1.82) is 0 Å². The number of rotatable bonds is 4. The van der Waals surface area contributed by atoms with Gasteiger partial charge in [-0.05, 0) is 17.5 Å². The number of hydrogen-bond acceptors (Lipinski definition) is 5. The third-order valence-electron chi connectivity index (χ3n) is 3.28. The van der Waals surface area contributed by atoms with Crippen molar-refractivity contribution in [2.24, 2.45) is 0 Å². The van der Waals surface area contributed by atoms with Crippen molar-refractivity contribution in [2.75, 3.05) is 0 Å². The van der Waals surface area contributed by atoms with E-state index in [9.17, 15) is 18.5 Å². The van der Waals surface area contributed by atoms with Crippen LogP contribution >= 0.6 is 0 Å². The number of benzene rings is 3. The normalized spacial score (nSPS) is 11.3. The van der Waals surface area contributed by atoms with Crippen LogP contribution in [-0.4, -0.2) is 13.3 Å². The fourth-order valence-corrected chi connectivity index (χ4v) is 3.37. The molecule has 3 aromatic rings. The monoisotopic (exact) mass is 329 g/mol. The van der Waals surface area contributed by atoms with Crippen LogP contribution < -0.4 is 4.18 Å². The van der Waals surface area contributed by atoms with Gasteiger partial charge >= 0.3 is 10.1 Å². The fraction of sp³-hybridized carbons (Fsp3) is 0. The van der Waals surface area contributed by atoms with Crippen molar-refractivity contribution in [2.45, 2.75) is 4.90 Å². The predicted molar refractivity (Wildman–Crippen MR) is 84.9 cm³/mol. The Bertz CT molecular complexity index is 993. The summed E-state index contributed by atoms with van der Waals surface area (Å²) in [7, 11) is -4.32. The van der Waals surface area contributed by atoms with E-state index in [1.165, 1.54) is 18.2 Å². The quantitative estimate of drug-likeness (QED) is 0.415. The van der Waals surface area contributed by atoms with Gasteiger partial charge in [-0.3, -0.25) is 10.1 Å². The van der Waals surface area contributed by atoms with Gasteiger partial charge in [-0.1, -0.05) is 48.5 Å². The zero-order valence-electron chi connectivity index (χ0n) is 11.7. The van der Waals surface area contributed by atoms with Gasteiger partial charge in [0.2, 0.25) is 0 Å². The van der Waals surface area contributed by atoms with E-state index in [0.29, 0.717) is 5.39 Å². The molecule has 3 aromatic carbocycles. The van der Waals surface area contributed by atoms with Crippen molar-refractivity contribution in [3.63, 3.8) is 0 Å². The third kappa shape index (κ3) is 2.86. The largest absolute Gasteiger partial charge is 0.378 e. The number of para-hydroxylation sites is 1. The third-order valence-corrected chi connectivity index (χ3v) is 4.56. The summed E-state index contributed by atoms with van der Waals surface area (Å²) >= 11 is 0. The van der Waals surface area contributed by atoms with Crippen molar-refractivity contribution in [3.05, 3.63) is 76.8 Å². The summed E-state index contributed by atoms with van der Waals surface area (Å²) in [4.78, 5) is 9.79. The Kier molecular flexibility index (Phi) is 3.71. The van der Waals surface area contributed by atoms with Crippen LogP contribution in [0.4, 0.5) is 5.69 Å². The smallest absolute Gasteiger partial charge is 0.346 e. The second kappa shape index (κ2) is 5.69. The molecule has 0 aliphatic rings. The van der Waals surface area contributed by atoms with Gasteiger partial charge in [-0.15, -0.1) is 0 Å². The van der Waals surface area contributed by atoms with Crippen molar-refractivity contribution < 1.29 is 17.5 Å². The van der Waals surface area contributed by atoms with E-state index in [-0.39, 0.29) is 5.75 Å². The van der Waals surface area contributed by atoms with Gasteiger partial charge in [-0.25, -0.2) is 0 Å². The maximum absolute atomic E-state index is 12.4. The van der Waals surface area contributed by atoms with Crippen LogP contribution in [0, 0.1) is 10.1 Å². The van der Waals surface area contributed by atoms with Crippen LogP contribution in [0.1, 0.15) is 0 Å². The van der Waals surface area contributed by atoms with E-state index in [1.807, 2.05) is 18.2 Å². The zero-order valence-corrected chi connectivity index (χ0v) is 12.6. The molecular weight excluding hydrogens is 318 g/mol. The topological polar surface area (TPSA) is 86.5 Å². The molecule has 0 aliphatic carbocycles. The standard InChI is InChI=1S/C16H11NO5S/c18-17(19)14-9-3-4-11-16(14)23(20,21)22-15-10-5-7-12-6-1-2-8-13(12)15/h1-11H. The second-order valence-corrected chi connectivity index (χ2v) is 6.25. The molecule has 0 amide bonds. The number of nitrogens with zero attached hydrogens (tertiary/aromatic N) is 1. The number of nitro groups is 1. The maximum atomic E-state index is 12.4. The van der Waals surface area contributed by atoms with Gasteiger partial charge in [0.15, 0.2) is 10.6 Å². The van der Waals surface area contributed by atoms with Gasteiger partial charge in [0.1, 0.15) is 0 Å². The van der Waals surface area contributed by atoms with Crippen LogP contribution in [0.25, 0.3) is 10.8 Å². The Morgan fingerprint density at radius 3 is 2.30 bits per heavy atom. The Morgan fingerprint density at radius 1 is 0.870 bits per heavy atom. The molecule has 0 saturated heterocycles. The van der Waals surface area contributed by atoms with Gasteiger partial charge in [0.05, 0.1) is 4.92 Å². The molecule has 0 aromatic heterocycles. The Morgan fingerprint density at radius 2 is 1.52 bits per heavy atom. The number of fused-ring (bicyclic) bond motifs is 1. The van der Waals surface area contributed by atoms with Gasteiger partial charge in [0.25, 0.3) is 5.69 Å². The molecule has 0 atom stereocenters. The molecule has 6 nitrogen and oxygen atoms in total. The van der Waals surface area contributed by atoms with Crippen molar-refractivity contribution in [3.8, 4) is 5.75 Å². The molecule has 0 fully saturated rings. The molecule has 0 unspecified atom stereocenters. The highest BCUT2D eigenvalue weighted by Gasteiger charge is 2.27. The molecule has 0 N–H and O–H groups in total. The van der Waals surface area contributed by atoms with E-state index in [0.717, 1.165) is 17.5 Å². The minimum Gasteiger partial charge on any atom is -0.378 e. The highest BCUT2D eigenvalue weighted by atomic mass is 32.2. The Labute approximate surface area is 132 Å². The molecule has 7 heteroatoms. The van der Waals surface area contributed by atoms with Crippen LogP contribution in [0.5, 0.6) is 5.75 Å². The van der Waals surface area contributed by atoms with E-state index in [1.54, 1.807) is 18.2 Å². The van der Waals surface area contributed by atoms with Gasteiger partial charge < -0.3 is 4.18 Å². The molecule has 0 heterocycles. The highest BCUT2D eigenvalue weighted by Crippen LogP contribution is 2.30. The summed E-state index contributed by atoms with van der Waals surface area (Å²) in [5, 5.41) is 12.4. The minimum absolute atomic E-state index is 0.126. The van der Waals surface area contributed by atoms with E-state index < -0.39 is 25.6 Å². The molecule has 0 saturated carbocycles. The average Bonchev–Trinajstić information content (AvgIpc) is 2.55. The van der Waals surface area contributed by atoms with E-state index in [4.69, 9.17) is 4.18 Å². The fourth-order valence-electron chi connectivity index (χ4n) is 2.25. The van der Waals surface area contributed by atoms with Crippen molar-refractivity contribution in [1.82, 2.24) is 0 Å². The average molecular weight is 329 g/mol. The number of nitro benzene ring substituents is 1. The second-order valence-electron chi connectivity index (χ2n) is 4.74. The van der Waals surface area contributed by atoms with Crippen LogP contribution in [0.15, 0.2) is 71.6 Å². The summed E-state index contributed by atoms with van der Waals surface area (Å²) in [6, 6.07) is 17.2. The zero-order chi connectivity index (χ0) is 16.4. The minimum atomic E-state index is -4.32. The molecule has 116 valence electrons. The Balaban J connectivity index is 2.10. The lowest BCUT2D eigenvalue weighted by Crippen LogP contribution is -2.12. The van der Waals surface area contributed by atoms with Crippen LogP contribution in [0.2, 0.25) is 0 Å². The Hall–Kier alpha value is -2.93. The van der Waals surface area contributed by atoms with E-state index >= 15 is 0 Å². The van der Waals surface area contributed by atoms with Gasteiger partial charge in [0, 0.05) is 11.5 Å². The molecule has 0 spiro atoms. The molecule has 0 bridgehead atoms. The summed E-state index contributed by atoms with van der Waals surface area (Å²) in [5.74, 6) is 0.126. The summed E-state index contributed by atoms with van der Waals surface area (Å²) in [6.07, 6.45) is 0. The molecule has 0 radical (unpaired) electrons. The number of hydrogen-bond donors (Lipinski definition) is 0. The van der Waals surface area contributed by atoms with E-state index in [2.05, 4.69) is 0 Å². The predicted octanol–water partition coefficient (Wildman–Crippen LogP) is 3.52. The lowest BCUT2D eigenvalue weighted by Gasteiger charge is -2.09. The molecular formula is C16H11NO5S. The lowest BCUT2D eigenvalue weighted by molar-refractivity contribution is -0.387. The lowest BCUT2D eigenvalue weighted by atomic mass is 10.1. The maximum Gasteiger partial charge on any atom is 0.346 e. The summed E-state index contributed by atoms with van der Waals surface area (Å²) < 4.78 is 30.0. The molecule has 3 rings (SSSR count). The van der Waals surface area contributed by atoms with Gasteiger partial charge in [-0.2, -0.15) is 8.42 Å². The van der Waals surface area contributed by atoms with Crippen molar-refractivity contribution >= 4 is 26.6 Å².